The van der Waals surface area contributed by atoms with Crippen molar-refractivity contribution in [3.05, 3.63) is 35.4 Å². The Balaban J connectivity index is 2.89. The maximum Gasteiger partial charge on any atom is 0.104 e. The third-order valence-corrected chi connectivity index (χ3v) is 1.20. The highest BCUT2D eigenvalue weighted by Gasteiger charge is 1.84. The van der Waals surface area contributed by atoms with Crippen molar-refractivity contribution in [3.8, 4) is 11.8 Å². The van der Waals surface area contributed by atoms with Crippen LogP contribution in [0.5, 0.6) is 0 Å². The molecule has 0 amide bonds. The van der Waals surface area contributed by atoms with Crippen LogP contribution in [0.25, 0.3) is 0 Å². The Morgan fingerprint density at radius 3 is 2.73 bits per heavy atom. The van der Waals surface area contributed by atoms with Crippen molar-refractivity contribution < 1.29 is 9.22 Å². The topological polar surface area (TPSA) is 20.2 Å². The lowest BCUT2D eigenvalue weighted by atomic mass is 10.2. The summed E-state index contributed by atoms with van der Waals surface area (Å²) in [5.74, 6) is 5.18. The lowest BCUT2D eigenvalue weighted by molar-refractivity contribution is 0.350. The molecule has 0 aliphatic rings. The largest absolute Gasteiger partial charge is 0.384 e. The van der Waals surface area contributed by atoms with Crippen molar-refractivity contribution in [2.24, 2.45) is 0 Å². The van der Waals surface area contributed by atoms with Crippen LogP contribution in [0, 0.1) is 18.7 Å². The van der Waals surface area contributed by atoms with Gasteiger partial charge in [-0.3, -0.25) is 0 Å². The molecule has 1 nitrogen and oxygen atoms in total. The fraction of sp³-hybridized carbons (Fsp3) is 0.200. The zero-order valence-corrected chi connectivity index (χ0v) is 5.96. The van der Waals surface area contributed by atoms with Gasteiger partial charge in [0.25, 0.3) is 0 Å². The molecule has 0 saturated heterocycles. The van der Waals surface area contributed by atoms with E-state index < -0.39 is 6.85 Å². The van der Waals surface area contributed by atoms with E-state index >= 15 is 0 Å². The molecule has 11 heavy (non-hydrogen) atoms. The maximum atomic E-state index is 8.45. The Kier molecular flexibility index (Phi) is 1.58. The van der Waals surface area contributed by atoms with Gasteiger partial charge in [0.05, 0.1) is 0 Å². The number of aryl methyl sites for hydroxylation is 1. The van der Waals surface area contributed by atoms with Crippen molar-refractivity contribution in [2.45, 2.75) is 6.85 Å². The Hall–Kier alpha value is -1.26. The monoisotopic (exact) mass is 149 g/mol. The Labute approximate surface area is 70.9 Å². The van der Waals surface area contributed by atoms with Crippen LogP contribution in [0.1, 0.15) is 15.2 Å². The smallest absolute Gasteiger partial charge is 0.104 e. The van der Waals surface area contributed by atoms with Gasteiger partial charge in [0.1, 0.15) is 6.61 Å². The SMILES string of the molecule is [2H]C([2H])([2H])c1ccc(C#CCO)cc1. The minimum Gasteiger partial charge on any atom is -0.384 e. The van der Waals surface area contributed by atoms with Crippen molar-refractivity contribution >= 4 is 0 Å². The molecule has 1 heteroatoms. The fourth-order valence-corrected chi connectivity index (χ4v) is 0.695. The molecule has 0 saturated carbocycles. The standard InChI is InChI=1S/C10H10O/c1-9-4-6-10(7-5-9)3-2-8-11/h4-7,11H,8H2,1H3/i1D3. The Morgan fingerprint density at radius 1 is 1.45 bits per heavy atom. The van der Waals surface area contributed by atoms with Gasteiger partial charge in [-0.15, -0.1) is 0 Å². The molecule has 0 aliphatic carbocycles. The van der Waals surface area contributed by atoms with E-state index in [0.29, 0.717) is 11.1 Å². The van der Waals surface area contributed by atoms with Crippen molar-refractivity contribution in [1.29, 1.82) is 0 Å². The average Bonchev–Trinajstić information content (AvgIpc) is 2.14. The van der Waals surface area contributed by atoms with E-state index in [9.17, 15) is 0 Å². The molecule has 0 heterocycles. The van der Waals surface area contributed by atoms with E-state index in [1.54, 1.807) is 12.1 Å². The molecule has 1 rings (SSSR count). The molecule has 0 fully saturated rings. The molecule has 56 valence electrons. The van der Waals surface area contributed by atoms with Gasteiger partial charge in [-0.05, 0) is 19.0 Å². The number of benzene rings is 1. The number of aliphatic hydroxyl groups is 1. The first kappa shape index (κ1) is 4.58. The molecule has 1 aromatic rings. The fourth-order valence-electron chi connectivity index (χ4n) is 0.695. The summed E-state index contributed by atoms with van der Waals surface area (Å²) in [7, 11) is 0. The number of hydrogen-bond acceptors (Lipinski definition) is 1. The third kappa shape index (κ3) is 2.45. The van der Waals surface area contributed by atoms with Crippen LogP contribution in [-0.4, -0.2) is 11.7 Å². The predicted octanol–water partition coefficient (Wildman–Crippen LogP) is 1.34. The number of hydrogen-bond donors (Lipinski definition) is 1. The highest BCUT2D eigenvalue weighted by molar-refractivity contribution is 5.35. The average molecular weight is 149 g/mol. The molecule has 1 aromatic carbocycles. The van der Waals surface area contributed by atoms with E-state index in [2.05, 4.69) is 11.8 Å². The van der Waals surface area contributed by atoms with Crippen LogP contribution in [0.15, 0.2) is 24.3 Å². The van der Waals surface area contributed by atoms with Crippen molar-refractivity contribution in [1.82, 2.24) is 0 Å². The van der Waals surface area contributed by atoms with E-state index in [1.165, 1.54) is 12.1 Å². The Bertz CT molecular complexity index is 354. The number of rotatable bonds is 0. The summed E-state index contributed by atoms with van der Waals surface area (Å²) in [5, 5.41) is 8.45. The van der Waals surface area contributed by atoms with Crippen LogP contribution in [-0.2, 0) is 0 Å². The van der Waals surface area contributed by atoms with Crippen LogP contribution in [0.3, 0.4) is 0 Å². The second-order valence-corrected chi connectivity index (χ2v) is 2.04. The first-order valence-electron chi connectivity index (χ1n) is 4.74. The molecule has 0 atom stereocenters. The number of aliphatic hydroxyl groups excluding tert-OH is 1. The molecule has 0 bridgehead atoms. The second kappa shape index (κ2) is 3.80. The van der Waals surface area contributed by atoms with Gasteiger partial charge in [0, 0.05) is 9.68 Å². The van der Waals surface area contributed by atoms with Crippen LogP contribution in [0.2, 0.25) is 0 Å². The highest BCUT2D eigenvalue weighted by atomic mass is 16.2. The molecule has 0 unspecified atom stereocenters. The summed E-state index contributed by atoms with van der Waals surface area (Å²) < 4.78 is 21.4. The van der Waals surface area contributed by atoms with E-state index in [4.69, 9.17) is 9.22 Å². The quantitative estimate of drug-likeness (QED) is 0.552. The summed E-state index contributed by atoms with van der Waals surface area (Å²) >= 11 is 0. The zero-order chi connectivity index (χ0) is 10.6. The van der Waals surface area contributed by atoms with E-state index in [1.807, 2.05) is 0 Å². The highest BCUT2D eigenvalue weighted by Crippen LogP contribution is 2.00. The van der Waals surface area contributed by atoms with Crippen molar-refractivity contribution in [3.63, 3.8) is 0 Å². The van der Waals surface area contributed by atoms with Gasteiger partial charge in [-0.25, -0.2) is 0 Å². The van der Waals surface area contributed by atoms with Gasteiger partial charge in [0.15, 0.2) is 0 Å². The first-order chi connectivity index (χ1) is 6.54. The van der Waals surface area contributed by atoms with Gasteiger partial charge in [-0.2, -0.15) is 0 Å². The van der Waals surface area contributed by atoms with Crippen molar-refractivity contribution in [2.75, 3.05) is 6.61 Å². The molecule has 0 radical (unpaired) electrons. The summed E-state index contributed by atoms with van der Waals surface area (Å²) in [4.78, 5) is 0. The van der Waals surface area contributed by atoms with Crippen LogP contribution in [0.4, 0.5) is 0 Å². The molecule has 0 spiro atoms. The normalized spacial score (nSPS) is 13.7. The zero-order valence-electron chi connectivity index (χ0n) is 8.96. The van der Waals surface area contributed by atoms with Gasteiger partial charge < -0.3 is 5.11 Å². The second-order valence-electron chi connectivity index (χ2n) is 2.04. The van der Waals surface area contributed by atoms with E-state index in [0.717, 1.165) is 0 Å². The summed E-state index contributed by atoms with van der Waals surface area (Å²) in [6.07, 6.45) is 0. The van der Waals surface area contributed by atoms with Crippen LogP contribution >= 0.6 is 0 Å². The maximum absolute atomic E-state index is 8.45. The minimum absolute atomic E-state index is 0.193. The van der Waals surface area contributed by atoms with Gasteiger partial charge >= 0.3 is 0 Å². The molecular weight excluding hydrogens is 136 g/mol. The molecule has 1 N–H and O–H groups in total. The van der Waals surface area contributed by atoms with E-state index in [-0.39, 0.29) is 6.61 Å². The predicted molar refractivity (Wildman–Crippen MR) is 45.1 cm³/mol. The third-order valence-electron chi connectivity index (χ3n) is 1.20. The minimum atomic E-state index is -2.07. The van der Waals surface area contributed by atoms with Crippen LogP contribution < -0.4 is 0 Å². The lowest BCUT2D eigenvalue weighted by Gasteiger charge is -1.90. The summed E-state index contributed by atoms with van der Waals surface area (Å²) in [6.45, 7) is -2.26. The molecule has 0 aliphatic heterocycles. The lowest BCUT2D eigenvalue weighted by Crippen LogP contribution is -1.76. The Morgan fingerprint density at radius 2 is 2.18 bits per heavy atom. The molecular formula is C10H10O. The van der Waals surface area contributed by atoms with Gasteiger partial charge in [0.2, 0.25) is 0 Å². The van der Waals surface area contributed by atoms with Gasteiger partial charge in [-0.1, -0.05) is 29.5 Å². The summed E-state index contributed by atoms with van der Waals surface area (Å²) in [5.41, 5.74) is 0.999. The first-order valence-corrected chi connectivity index (χ1v) is 3.24. The molecule has 0 aromatic heterocycles. The summed E-state index contributed by atoms with van der Waals surface area (Å²) in [6, 6.07) is 6.30.